The number of benzene rings is 3. The molecule has 190 valence electrons. The molecule has 1 aliphatic heterocycles. The molecule has 0 aliphatic carbocycles. The Morgan fingerprint density at radius 2 is 1.68 bits per heavy atom. The molecule has 3 aromatic carbocycles. The minimum atomic E-state index is -1.08. The SMILES string of the molecule is CCOC(=O)c1ccc(NC(=O)C[C@H]2C(=O)Nc3ccccc3N2C(=O)COc2ccc(C)cc2)cc1. The lowest BCUT2D eigenvalue weighted by atomic mass is 10.0. The number of nitrogens with zero attached hydrogens (tertiary/aromatic N) is 1. The van der Waals surface area contributed by atoms with Crippen LogP contribution < -0.4 is 20.3 Å². The lowest BCUT2D eigenvalue weighted by molar-refractivity contribution is -0.127. The summed E-state index contributed by atoms with van der Waals surface area (Å²) < 4.78 is 10.6. The van der Waals surface area contributed by atoms with Crippen LogP contribution in [-0.4, -0.2) is 42.9 Å². The lowest BCUT2D eigenvalue weighted by Gasteiger charge is -2.36. The zero-order chi connectivity index (χ0) is 26.4. The highest BCUT2D eigenvalue weighted by atomic mass is 16.5. The van der Waals surface area contributed by atoms with E-state index in [1.165, 1.54) is 17.0 Å². The van der Waals surface area contributed by atoms with E-state index in [-0.39, 0.29) is 19.6 Å². The number of hydrogen-bond acceptors (Lipinski definition) is 6. The van der Waals surface area contributed by atoms with Gasteiger partial charge in [0.25, 0.3) is 5.91 Å². The molecule has 3 amide bonds. The molecule has 9 heteroatoms. The van der Waals surface area contributed by atoms with Crippen LogP contribution in [0.2, 0.25) is 0 Å². The van der Waals surface area contributed by atoms with E-state index in [0.29, 0.717) is 28.4 Å². The number of esters is 1. The summed E-state index contributed by atoms with van der Waals surface area (Å²) in [7, 11) is 0. The van der Waals surface area contributed by atoms with Crippen molar-refractivity contribution in [1.29, 1.82) is 0 Å². The van der Waals surface area contributed by atoms with Crippen molar-refractivity contribution in [1.82, 2.24) is 0 Å². The molecule has 1 heterocycles. The first-order valence-electron chi connectivity index (χ1n) is 11.8. The van der Waals surface area contributed by atoms with Gasteiger partial charge in [0.1, 0.15) is 11.8 Å². The van der Waals surface area contributed by atoms with E-state index in [1.54, 1.807) is 55.5 Å². The molecule has 9 nitrogen and oxygen atoms in total. The number of amides is 3. The molecule has 4 rings (SSSR count). The first-order chi connectivity index (χ1) is 17.9. The molecule has 3 aromatic rings. The summed E-state index contributed by atoms with van der Waals surface area (Å²) in [6.45, 7) is 3.62. The number of anilines is 3. The second-order valence-corrected chi connectivity index (χ2v) is 8.44. The summed E-state index contributed by atoms with van der Waals surface area (Å²) in [5, 5.41) is 5.49. The molecule has 1 aliphatic rings. The molecule has 0 saturated heterocycles. The third kappa shape index (κ3) is 6.13. The van der Waals surface area contributed by atoms with Crippen molar-refractivity contribution in [3.8, 4) is 5.75 Å². The molecule has 0 saturated carbocycles. The minimum Gasteiger partial charge on any atom is -0.484 e. The van der Waals surface area contributed by atoms with Gasteiger partial charge in [0.05, 0.1) is 30.0 Å². The fraction of sp³-hybridized carbons (Fsp3) is 0.214. The molecule has 0 radical (unpaired) electrons. The third-order valence-corrected chi connectivity index (χ3v) is 5.75. The molecule has 0 unspecified atom stereocenters. The highest BCUT2D eigenvalue weighted by Crippen LogP contribution is 2.33. The minimum absolute atomic E-state index is 0.259. The van der Waals surface area contributed by atoms with Crippen LogP contribution in [-0.2, 0) is 19.1 Å². The lowest BCUT2D eigenvalue weighted by Crippen LogP contribution is -2.53. The number of para-hydroxylation sites is 2. The molecule has 0 fully saturated rings. The smallest absolute Gasteiger partial charge is 0.338 e. The van der Waals surface area contributed by atoms with Crippen molar-refractivity contribution in [2.45, 2.75) is 26.3 Å². The molecule has 0 spiro atoms. The van der Waals surface area contributed by atoms with Crippen molar-refractivity contribution >= 4 is 40.8 Å². The van der Waals surface area contributed by atoms with Gasteiger partial charge in [-0.05, 0) is 62.4 Å². The van der Waals surface area contributed by atoms with Gasteiger partial charge in [-0.25, -0.2) is 4.79 Å². The molecular formula is C28H27N3O6. The van der Waals surface area contributed by atoms with Crippen molar-refractivity contribution < 1.29 is 28.7 Å². The van der Waals surface area contributed by atoms with Crippen molar-refractivity contribution in [2.75, 3.05) is 28.7 Å². The van der Waals surface area contributed by atoms with Gasteiger partial charge in [-0.3, -0.25) is 19.3 Å². The number of hydrogen-bond donors (Lipinski definition) is 2. The second kappa shape index (κ2) is 11.4. The molecule has 0 aromatic heterocycles. The van der Waals surface area contributed by atoms with Gasteiger partial charge in [-0.1, -0.05) is 29.8 Å². The molecule has 2 N–H and O–H groups in total. The van der Waals surface area contributed by atoms with Gasteiger partial charge >= 0.3 is 5.97 Å². The molecular weight excluding hydrogens is 474 g/mol. The van der Waals surface area contributed by atoms with Crippen molar-refractivity contribution in [3.63, 3.8) is 0 Å². The van der Waals surface area contributed by atoms with Crippen LogP contribution in [0.25, 0.3) is 0 Å². The van der Waals surface area contributed by atoms with E-state index in [4.69, 9.17) is 9.47 Å². The van der Waals surface area contributed by atoms with Crippen LogP contribution in [0.1, 0.15) is 29.3 Å². The number of carbonyl (C=O) groups excluding carboxylic acids is 4. The van der Waals surface area contributed by atoms with Gasteiger partial charge in [0.15, 0.2) is 6.61 Å². The Balaban J connectivity index is 1.49. The normalized spacial score (nSPS) is 14.3. The monoisotopic (exact) mass is 501 g/mol. The molecule has 37 heavy (non-hydrogen) atoms. The summed E-state index contributed by atoms with van der Waals surface area (Å²) in [5.41, 5.74) is 2.81. The fourth-order valence-electron chi connectivity index (χ4n) is 3.92. The Morgan fingerprint density at radius 1 is 0.973 bits per heavy atom. The number of aryl methyl sites for hydroxylation is 1. The van der Waals surface area contributed by atoms with Crippen LogP contribution >= 0.6 is 0 Å². The Hall–Kier alpha value is -4.66. The zero-order valence-corrected chi connectivity index (χ0v) is 20.5. The molecule has 1 atom stereocenters. The zero-order valence-electron chi connectivity index (χ0n) is 20.5. The number of carbonyl (C=O) groups is 4. The van der Waals surface area contributed by atoms with E-state index in [0.717, 1.165) is 5.56 Å². The highest BCUT2D eigenvalue weighted by molar-refractivity contribution is 6.14. The average molecular weight is 502 g/mol. The fourth-order valence-corrected chi connectivity index (χ4v) is 3.92. The second-order valence-electron chi connectivity index (χ2n) is 8.44. The van der Waals surface area contributed by atoms with Gasteiger partial charge < -0.3 is 20.1 Å². The third-order valence-electron chi connectivity index (χ3n) is 5.75. The van der Waals surface area contributed by atoms with E-state index >= 15 is 0 Å². The number of nitrogens with one attached hydrogen (secondary N) is 2. The Morgan fingerprint density at radius 3 is 2.38 bits per heavy atom. The van der Waals surface area contributed by atoms with Crippen LogP contribution in [0.5, 0.6) is 5.75 Å². The number of rotatable bonds is 8. The van der Waals surface area contributed by atoms with E-state index in [1.807, 2.05) is 19.1 Å². The first-order valence-corrected chi connectivity index (χ1v) is 11.8. The maximum Gasteiger partial charge on any atom is 0.338 e. The maximum atomic E-state index is 13.3. The summed E-state index contributed by atoms with van der Waals surface area (Å²) in [6, 6.07) is 19.3. The summed E-state index contributed by atoms with van der Waals surface area (Å²) >= 11 is 0. The average Bonchev–Trinajstić information content (AvgIpc) is 2.89. The van der Waals surface area contributed by atoms with Crippen LogP contribution in [0.15, 0.2) is 72.8 Å². The largest absolute Gasteiger partial charge is 0.484 e. The topological polar surface area (TPSA) is 114 Å². The van der Waals surface area contributed by atoms with E-state index in [9.17, 15) is 19.2 Å². The van der Waals surface area contributed by atoms with Crippen LogP contribution in [0, 0.1) is 6.92 Å². The quantitative estimate of drug-likeness (QED) is 0.452. The van der Waals surface area contributed by atoms with Crippen LogP contribution in [0.4, 0.5) is 17.1 Å². The van der Waals surface area contributed by atoms with Gasteiger partial charge in [-0.2, -0.15) is 0 Å². The Kier molecular flexibility index (Phi) is 7.83. The highest BCUT2D eigenvalue weighted by Gasteiger charge is 2.38. The van der Waals surface area contributed by atoms with Gasteiger partial charge in [-0.15, -0.1) is 0 Å². The number of ether oxygens (including phenoxy) is 2. The van der Waals surface area contributed by atoms with Gasteiger partial charge in [0.2, 0.25) is 11.8 Å². The van der Waals surface area contributed by atoms with Crippen molar-refractivity contribution in [2.24, 2.45) is 0 Å². The van der Waals surface area contributed by atoms with Crippen molar-refractivity contribution in [3.05, 3.63) is 83.9 Å². The van der Waals surface area contributed by atoms with E-state index < -0.39 is 29.7 Å². The predicted molar refractivity (Wildman–Crippen MR) is 139 cm³/mol. The predicted octanol–water partition coefficient (Wildman–Crippen LogP) is 3.93. The van der Waals surface area contributed by atoms with E-state index in [2.05, 4.69) is 10.6 Å². The maximum absolute atomic E-state index is 13.3. The first kappa shape index (κ1) is 25.4. The Bertz CT molecular complexity index is 1300. The summed E-state index contributed by atoms with van der Waals surface area (Å²) in [6.07, 6.45) is -0.282. The van der Waals surface area contributed by atoms with Crippen LogP contribution in [0.3, 0.4) is 0 Å². The number of fused-ring (bicyclic) bond motifs is 1. The Labute approximate surface area is 214 Å². The summed E-state index contributed by atoms with van der Waals surface area (Å²) in [5.74, 6) is -1.34. The standard InChI is InChI=1S/C28H27N3O6/c1-3-36-28(35)19-10-12-20(13-11-19)29-25(32)16-24-27(34)30-22-6-4-5-7-23(22)31(24)26(33)17-37-21-14-8-18(2)9-15-21/h4-15,24H,3,16-17H2,1-2H3,(H,29,32)(H,30,34)/t24-/m0/s1. The molecule has 0 bridgehead atoms. The van der Waals surface area contributed by atoms with Gasteiger partial charge in [0, 0.05) is 5.69 Å². The summed E-state index contributed by atoms with van der Waals surface area (Å²) in [4.78, 5) is 52.3.